The van der Waals surface area contributed by atoms with Crippen LogP contribution in [0.2, 0.25) is 10.2 Å². The number of rotatable bonds is 4. The lowest BCUT2D eigenvalue weighted by molar-refractivity contribution is -0.117. The van der Waals surface area contributed by atoms with Crippen LogP contribution in [0.4, 0.5) is 5.69 Å². The molecule has 0 saturated heterocycles. The van der Waals surface area contributed by atoms with E-state index in [4.69, 9.17) is 23.2 Å². The molecule has 12 heteroatoms. The van der Waals surface area contributed by atoms with Gasteiger partial charge in [0.15, 0.2) is 16.6 Å². The maximum absolute atomic E-state index is 13.3. The first kappa shape index (κ1) is 22.7. The van der Waals surface area contributed by atoms with Crippen molar-refractivity contribution in [2.24, 2.45) is 0 Å². The summed E-state index contributed by atoms with van der Waals surface area (Å²) in [6.45, 7) is 7.36. The summed E-state index contributed by atoms with van der Waals surface area (Å²) in [4.78, 5) is 23.2. The number of carbonyl (C=O) groups is 1. The van der Waals surface area contributed by atoms with Gasteiger partial charge >= 0.3 is 0 Å². The van der Waals surface area contributed by atoms with Crippen LogP contribution in [0.3, 0.4) is 0 Å². The van der Waals surface area contributed by atoms with E-state index in [1.54, 1.807) is 36.7 Å². The van der Waals surface area contributed by atoms with Gasteiger partial charge in [-0.2, -0.15) is 10.2 Å². The second kappa shape index (κ2) is 7.72. The Bertz CT molecular complexity index is 1440. The first-order valence-electron chi connectivity index (χ1n) is 10.6. The fourth-order valence-corrected chi connectivity index (χ4v) is 4.74. The third-order valence-corrected chi connectivity index (χ3v) is 6.39. The number of hydrogen-bond acceptors (Lipinski definition) is 7. The Morgan fingerprint density at radius 1 is 1.18 bits per heavy atom. The highest BCUT2D eigenvalue weighted by molar-refractivity contribution is 6.32. The van der Waals surface area contributed by atoms with E-state index in [9.17, 15) is 9.90 Å². The van der Waals surface area contributed by atoms with Gasteiger partial charge in [-0.3, -0.25) is 4.79 Å². The zero-order valence-electron chi connectivity index (χ0n) is 18.9. The van der Waals surface area contributed by atoms with Crippen LogP contribution in [0.25, 0.3) is 11.5 Å². The molecule has 0 spiro atoms. The van der Waals surface area contributed by atoms with Crippen molar-refractivity contribution in [3.05, 3.63) is 57.9 Å². The molecule has 176 valence electrons. The monoisotopic (exact) mass is 500 g/mol. The predicted molar refractivity (Wildman–Crippen MR) is 126 cm³/mol. The highest BCUT2D eigenvalue weighted by Gasteiger charge is 2.43. The molecule has 0 fully saturated rings. The van der Waals surface area contributed by atoms with Gasteiger partial charge in [-0.15, -0.1) is 9.90 Å². The second-order valence-electron chi connectivity index (χ2n) is 9.54. The molecular weight excluding hydrogens is 479 g/mol. The van der Waals surface area contributed by atoms with Gasteiger partial charge in [0, 0.05) is 23.2 Å². The molecule has 0 aliphatic heterocycles. The normalized spacial score (nSPS) is 17.2. The minimum atomic E-state index is -1.15. The van der Waals surface area contributed by atoms with Crippen LogP contribution in [0.15, 0.2) is 30.7 Å². The highest BCUT2D eigenvalue weighted by Crippen LogP contribution is 2.46. The molecule has 4 heterocycles. The lowest BCUT2D eigenvalue weighted by Crippen LogP contribution is -2.22. The number of anilines is 1. The Kier molecular flexibility index (Phi) is 5.16. The van der Waals surface area contributed by atoms with Crippen LogP contribution in [-0.2, 0) is 15.8 Å². The van der Waals surface area contributed by atoms with Crippen molar-refractivity contribution in [1.29, 1.82) is 0 Å². The number of pyridine rings is 1. The number of carbonyl (C=O) groups excluding carboxylic acids is 1. The number of halogens is 2. The van der Waals surface area contributed by atoms with Crippen molar-refractivity contribution >= 4 is 40.4 Å². The standard InChI is InChI=1S/C22H22Cl2N8O2/c1-21(2)7-12(13-9-25-17-6-16(24)30-31(17)18(13)21)20(33)28-11-5-14(23)19(26-8-11)32-27-10-15(29-32)22(3,4)34/h5-6,8-10,12,34H,7H2,1-4H3,(H,28,33)/t12-/m0/s1. The summed E-state index contributed by atoms with van der Waals surface area (Å²) < 4.78 is 1.72. The Morgan fingerprint density at radius 2 is 1.94 bits per heavy atom. The van der Waals surface area contributed by atoms with Crippen molar-refractivity contribution in [3.63, 3.8) is 0 Å². The fourth-order valence-electron chi connectivity index (χ4n) is 4.32. The van der Waals surface area contributed by atoms with E-state index in [1.165, 1.54) is 17.2 Å². The molecule has 0 bridgehead atoms. The SMILES string of the molecule is CC(C)(O)c1cnn(-c2ncc(NC(=O)[C@H]3CC(C)(C)c4c3cnc3cc(Cl)nn43)cc2Cl)n1. The number of nitrogens with one attached hydrogen (secondary N) is 1. The van der Waals surface area contributed by atoms with Gasteiger partial charge in [-0.1, -0.05) is 37.0 Å². The minimum Gasteiger partial charge on any atom is -0.384 e. The Labute approximate surface area is 204 Å². The second-order valence-corrected chi connectivity index (χ2v) is 10.3. The molecule has 0 unspecified atom stereocenters. The Hall–Kier alpha value is -3.08. The number of aliphatic hydroxyl groups is 1. The average Bonchev–Trinajstić information content (AvgIpc) is 3.42. The van der Waals surface area contributed by atoms with Crippen molar-refractivity contribution in [2.45, 2.75) is 51.0 Å². The van der Waals surface area contributed by atoms with Gasteiger partial charge in [0.25, 0.3) is 0 Å². The van der Waals surface area contributed by atoms with Gasteiger partial charge in [-0.05, 0) is 26.3 Å². The van der Waals surface area contributed by atoms with Crippen molar-refractivity contribution < 1.29 is 9.90 Å². The van der Waals surface area contributed by atoms with E-state index in [1.807, 2.05) is 0 Å². The predicted octanol–water partition coefficient (Wildman–Crippen LogP) is 3.64. The Balaban J connectivity index is 1.41. The van der Waals surface area contributed by atoms with Crippen LogP contribution in [-0.4, -0.2) is 45.6 Å². The van der Waals surface area contributed by atoms with Gasteiger partial charge in [0.2, 0.25) is 5.91 Å². The molecule has 10 nitrogen and oxygen atoms in total. The molecule has 1 atom stereocenters. The number of fused-ring (bicyclic) bond motifs is 3. The van der Waals surface area contributed by atoms with E-state index in [2.05, 4.69) is 44.4 Å². The maximum Gasteiger partial charge on any atom is 0.232 e. The van der Waals surface area contributed by atoms with E-state index in [-0.39, 0.29) is 22.2 Å². The fraction of sp³-hybridized carbons (Fsp3) is 0.364. The third-order valence-electron chi connectivity index (χ3n) is 5.93. The number of aromatic nitrogens is 7. The first-order chi connectivity index (χ1) is 15.9. The molecule has 1 amide bonds. The molecule has 1 aliphatic carbocycles. The van der Waals surface area contributed by atoms with Crippen LogP contribution >= 0.6 is 23.2 Å². The highest BCUT2D eigenvalue weighted by atomic mass is 35.5. The van der Waals surface area contributed by atoms with Crippen molar-refractivity contribution in [1.82, 2.24) is 34.6 Å². The van der Waals surface area contributed by atoms with Crippen LogP contribution in [0.1, 0.15) is 57.0 Å². The number of hydrogen-bond donors (Lipinski definition) is 2. The molecule has 0 aromatic carbocycles. The summed E-state index contributed by atoms with van der Waals surface area (Å²) >= 11 is 12.5. The zero-order valence-corrected chi connectivity index (χ0v) is 20.4. The zero-order chi connectivity index (χ0) is 24.4. The van der Waals surface area contributed by atoms with Crippen molar-refractivity contribution in [2.75, 3.05) is 5.32 Å². The van der Waals surface area contributed by atoms with Crippen LogP contribution in [0.5, 0.6) is 0 Å². The largest absolute Gasteiger partial charge is 0.384 e. The van der Waals surface area contributed by atoms with Gasteiger partial charge in [0.1, 0.15) is 11.3 Å². The molecule has 4 aromatic heterocycles. The summed E-state index contributed by atoms with van der Waals surface area (Å²) in [6, 6.07) is 3.28. The summed E-state index contributed by atoms with van der Waals surface area (Å²) in [5, 5.41) is 26.3. The van der Waals surface area contributed by atoms with Gasteiger partial charge in [0.05, 0.1) is 34.7 Å². The summed E-state index contributed by atoms with van der Waals surface area (Å²) in [7, 11) is 0. The summed E-state index contributed by atoms with van der Waals surface area (Å²) in [5.74, 6) is -0.339. The van der Waals surface area contributed by atoms with E-state index < -0.39 is 11.5 Å². The van der Waals surface area contributed by atoms with E-state index in [0.717, 1.165) is 11.3 Å². The molecule has 1 aliphatic rings. The summed E-state index contributed by atoms with van der Waals surface area (Å²) in [6.07, 6.45) is 5.25. The first-order valence-corrected chi connectivity index (χ1v) is 11.4. The quantitative estimate of drug-likeness (QED) is 0.438. The van der Waals surface area contributed by atoms with E-state index in [0.29, 0.717) is 28.6 Å². The average molecular weight is 501 g/mol. The van der Waals surface area contributed by atoms with Crippen LogP contribution in [0, 0.1) is 0 Å². The molecule has 0 radical (unpaired) electrons. The molecule has 2 N–H and O–H groups in total. The lowest BCUT2D eigenvalue weighted by Gasteiger charge is -2.19. The summed E-state index contributed by atoms with van der Waals surface area (Å²) in [5.41, 5.74) is 1.74. The smallest absolute Gasteiger partial charge is 0.232 e. The lowest BCUT2D eigenvalue weighted by atomic mass is 9.88. The van der Waals surface area contributed by atoms with E-state index >= 15 is 0 Å². The molecule has 34 heavy (non-hydrogen) atoms. The topological polar surface area (TPSA) is 123 Å². The van der Waals surface area contributed by atoms with Crippen LogP contribution < -0.4 is 5.32 Å². The van der Waals surface area contributed by atoms with Crippen molar-refractivity contribution in [3.8, 4) is 5.82 Å². The number of amides is 1. The van der Waals surface area contributed by atoms with Gasteiger partial charge < -0.3 is 10.4 Å². The minimum absolute atomic E-state index is 0.196. The van der Waals surface area contributed by atoms with Gasteiger partial charge in [-0.25, -0.2) is 14.5 Å². The maximum atomic E-state index is 13.3. The molecule has 0 saturated carbocycles. The Morgan fingerprint density at radius 3 is 2.62 bits per heavy atom. The number of nitrogens with zero attached hydrogens (tertiary/aromatic N) is 7. The molecule has 4 aromatic rings. The third kappa shape index (κ3) is 3.81. The molecule has 5 rings (SSSR count). The molecular formula is C22H22Cl2N8O2.